The van der Waals surface area contributed by atoms with E-state index in [1.807, 2.05) is 30.8 Å². The molecule has 2 heterocycles. The molecule has 0 aliphatic carbocycles. The number of rotatable bonds is 2. The first-order chi connectivity index (χ1) is 7.63. The molecule has 82 valence electrons. The van der Waals surface area contributed by atoms with Crippen molar-refractivity contribution in [2.45, 2.75) is 13.5 Å². The van der Waals surface area contributed by atoms with Gasteiger partial charge in [0.1, 0.15) is 11.8 Å². The minimum absolute atomic E-state index is 0.562. The second kappa shape index (κ2) is 4.03. The minimum Gasteiger partial charge on any atom is -0.333 e. The van der Waals surface area contributed by atoms with Crippen LogP contribution in [0.2, 0.25) is 5.02 Å². The Labute approximate surface area is 98.7 Å². The molecule has 0 aromatic carbocycles. The molecular weight excluding hydrogens is 224 g/mol. The molecule has 0 saturated carbocycles. The van der Waals surface area contributed by atoms with Gasteiger partial charge in [-0.1, -0.05) is 11.6 Å². The molecule has 4 nitrogen and oxygen atoms in total. The van der Waals surface area contributed by atoms with Gasteiger partial charge < -0.3 is 4.57 Å². The van der Waals surface area contributed by atoms with Gasteiger partial charge in [0.25, 0.3) is 0 Å². The summed E-state index contributed by atoms with van der Waals surface area (Å²) in [6, 6.07) is 5.75. The first-order valence-corrected chi connectivity index (χ1v) is 5.24. The van der Waals surface area contributed by atoms with Crippen molar-refractivity contribution in [2.75, 3.05) is 0 Å². The fraction of sp³-hybridized carbons (Fsp3) is 0.273. The van der Waals surface area contributed by atoms with Crippen LogP contribution in [0.15, 0.2) is 18.3 Å². The molecule has 0 N–H and O–H groups in total. The lowest BCUT2D eigenvalue weighted by Crippen LogP contribution is -2.06. The van der Waals surface area contributed by atoms with Gasteiger partial charge >= 0.3 is 0 Å². The van der Waals surface area contributed by atoms with Crippen LogP contribution in [-0.4, -0.2) is 14.3 Å². The molecule has 0 unspecified atom stereocenters. The lowest BCUT2D eigenvalue weighted by molar-refractivity contribution is 0.662. The van der Waals surface area contributed by atoms with Gasteiger partial charge in [0, 0.05) is 13.2 Å². The summed E-state index contributed by atoms with van der Waals surface area (Å²) in [5.41, 5.74) is 2.34. The monoisotopic (exact) mass is 234 g/mol. The zero-order valence-electron chi connectivity index (χ0n) is 9.11. The van der Waals surface area contributed by atoms with E-state index in [-0.39, 0.29) is 0 Å². The molecule has 2 aromatic heterocycles. The third-order valence-corrected chi connectivity index (χ3v) is 3.02. The zero-order valence-corrected chi connectivity index (χ0v) is 9.86. The van der Waals surface area contributed by atoms with Crippen LogP contribution in [0, 0.1) is 18.3 Å². The maximum Gasteiger partial charge on any atom is 0.120 e. The van der Waals surface area contributed by atoms with Gasteiger partial charge in [-0.15, -0.1) is 0 Å². The Morgan fingerprint density at radius 1 is 1.56 bits per heavy atom. The van der Waals surface area contributed by atoms with Crippen molar-refractivity contribution < 1.29 is 0 Å². The molecule has 0 saturated heterocycles. The first-order valence-electron chi connectivity index (χ1n) is 4.86. The van der Waals surface area contributed by atoms with E-state index in [9.17, 15) is 0 Å². The number of hydrogen-bond acceptors (Lipinski definition) is 2. The fourth-order valence-corrected chi connectivity index (χ4v) is 1.89. The van der Waals surface area contributed by atoms with Crippen molar-refractivity contribution in [1.29, 1.82) is 5.26 Å². The van der Waals surface area contributed by atoms with Crippen LogP contribution >= 0.6 is 11.6 Å². The first kappa shape index (κ1) is 10.8. The summed E-state index contributed by atoms with van der Waals surface area (Å²) in [4.78, 5) is 0. The van der Waals surface area contributed by atoms with Crippen LogP contribution in [0.1, 0.15) is 17.1 Å². The normalized spacial score (nSPS) is 10.4. The van der Waals surface area contributed by atoms with Crippen molar-refractivity contribution in [2.24, 2.45) is 7.05 Å². The Balaban J connectivity index is 2.38. The van der Waals surface area contributed by atoms with Gasteiger partial charge in [0.05, 0.1) is 23.0 Å². The van der Waals surface area contributed by atoms with Crippen LogP contribution in [0.4, 0.5) is 0 Å². The Morgan fingerprint density at radius 3 is 2.88 bits per heavy atom. The SMILES string of the molecule is Cc1nn(C)c(Cn2cccc2C#N)c1Cl. The van der Waals surface area contributed by atoms with E-state index >= 15 is 0 Å². The van der Waals surface area contributed by atoms with Gasteiger partial charge in [0.2, 0.25) is 0 Å². The highest BCUT2D eigenvalue weighted by molar-refractivity contribution is 6.31. The van der Waals surface area contributed by atoms with Crippen molar-refractivity contribution in [1.82, 2.24) is 14.3 Å². The summed E-state index contributed by atoms with van der Waals surface area (Å²) in [5.74, 6) is 0. The Hall–Kier alpha value is -1.73. The second-order valence-electron chi connectivity index (χ2n) is 3.60. The van der Waals surface area contributed by atoms with Gasteiger partial charge in [-0.2, -0.15) is 10.4 Å². The smallest absolute Gasteiger partial charge is 0.120 e. The van der Waals surface area contributed by atoms with Crippen LogP contribution in [0.25, 0.3) is 0 Å². The Bertz CT molecular complexity index is 559. The predicted molar refractivity (Wildman–Crippen MR) is 61.2 cm³/mol. The highest BCUT2D eigenvalue weighted by atomic mass is 35.5. The van der Waals surface area contributed by atoms with Crippen molar-refractivity contribution >= 4 is 11.6 Å². The van der Waals surface area contributed by atoms with Crippen LogP contribution in [-0.2, 0) is 13.6 Å². The third kappa shape index (κ3) is 1.70. The molecule has 0 amide bonds. The summed E-state index contributed by atoms with van der Waals surface area (Å²) in [6.45, 7) is 2.43. The van der Waals surface area contributed by atoms with E-state index in [1.165, 1.54) is 0 Å². The van der Waals surface area contributed by atoms with E-state index < -0.39 is 0 Å². The Morgan fingerprint density at radius 2 is 2.31 bits per heavy atom. The quantitative estimate of drug-likeness (QED) is 0.799. The molecule has 2 aromatic rings. The van der Waals surface area contributed by atoms with Gasteiger partial charge in [-0.3, -0.25) is 4.68 Å². The molecule has 16 heavy (non-hydrogen) atoms. The molecule has 2 rings (SSSR count). The molecule has 0 atom stereocenters. The largest absolute Gasteiger partial charge is 0.333 e. The number of nitrogens with zero attached hydrogens (tertiary/aromatic N) is 4. The minimum atomic E-state index is 0.562. The maximum absolute atomic E-state index is 8.90. The van der Waals surface area contributed by atoms with Crippen molar-refractivity contribution in [3.63, 3.8) is 0 Å². The van der Waals surface area contributed by atoms with E-state index in [4.69, 9.17) is 16.9 Å². The lowest BCUT2D eigenvalue weighted by atomic mass is 10.3. The average molecular weight is 235 g/mol. The zero-order chi connectivity index (χ0) is 11.7. The highest BCUT2D eigenvalue weighted by Crippen LogP contribution is 2.20. The molecule has 5 heteroatoms. The molecule has 0 spiro atoms. The van der Waals surface area contributed by atoms with E-state index in [0.717, 1.165) is 11.4 Å². The summed E-state index contributed by atoms with van der Waals surface area (Å²) in [6.07, 6.45) is 1.86. The number of aromatic nitrogens is 3. The van der Waals surface area contributed by atoms with Gasteiger partial charge in [0.15, 0.2) is 0 Å². The van der Waals surface area contributed by atoms with Crippen LogP contribution in [0.5, 0.6) is 0 Å². The van der Waals surface area contributed by atoms with E-state index in [0.29, 0.717) is 17.3 Å². The topological polar surface area (TPSA) is 46.5 Å². The number of halogens is 1. The van der Waals surface area contributed by atoms with Gasteiger partial charge in [-0.05, 0) is 19.1 Å². The molecule has 0 aliphatic heterocycles. The standard InChI is InChI=1S/C11H11ClN4/c1-8-11(12)10(15(2)14-8)7-16-5-3-4-9(16)6-13/h3-5H,7H2,1-2H3. The summed E-state index contributed by atoms with van der Waals surface area (Å²) in [5, 5.41) is 13.8. The molecule has 0 aliphatic rings. The fourth-order valence-electron chi connectivity index (χ4n) is 1.67. The second-order valence-corrected chi connectivity index (χ2v) is 3.98. The molecule has 0 radical (unpaired) electrons. The Kier molecular flexibility index (Phi) is 2.71. The third-order valence-electron chi connectivity index (χ3n) is 2.53. The average Bonchev–Trinajstić information content (AvgIpc) is 2.79. The van der Waals surface area contributed by atoms with Crippen LogP contribution in [0.3, 0.4) is 0 Å². The molecule has 0 fully saturated rings. The number of nitriles is 1. The predicted octanol–water partition coefficient (Wildman–Crippen LogP) is 2.10. The number of aryl methyl sites for hydroxylation is 2. The van der Waals surface area contributed by atoms with E-state index in [2.05, 4.69) is 11.2 Å². The maximum atomic E-state index is 8.90. The van der Waals surface area contributed by atoms with E-state index in [1.54, 1.807) is 10.7 Å². The van der Waals surface area contributed by atoms with Crippen LogP contribution < -0.4 is 0 Å². The van der Waals surface area contributed by atoms with Gasteiger partial charge in [-0.25, -0.2) is 0 Å². The summed E-state index contributed by atoms with van der Waals surface area (Å²) in [7, 11) is 1.85. The summed E-state index contributed by atoms with van der Waals surface area (Å²) < 4.78 is 3.60. The highest BCUT2D eigenvalue weighted by Gasteiger charge is 2.12. The molecular formula is C11H11ClN4. The lowest BCUT2D eigenvalue weighted by Gasteiger charge is -2.05. The molecule has 0 bridgehead atoms. The van der Waals surface area contributed by atoms with Crippen molar-refractivity contribution in [3.05, 3.63) is 40.4 Å². The van der Waals surface area contributed by atoms with Crippen molar-refractivity contribution in [3.8, 4) is 6.07 Å². The summed E-state index contributed by atoms with van der Waals surface area (Å²) >= 11 is 6.15. The number of hydrogen-bond donors (Lipinski definition) is 0.